The normalized spacial score (nSPS) is 24.5. The van der Waals surface area contributed by atoms with Gasteiger partial charge >= 0.3 is 0 Å². The monoisotopic (exact) mass is 313 g/mol. The summed E-state index contributed by atoms with van der Waals surface area (Å²) in [4.78, 5) is 2.78. The van der Waals surface area contributed by atoms with Gasteiger partial charge in [-0.3, -0.25) is 0 Å². The summed E-state index contributed by atoms with van der Waals surface area (Å²) < 4.78 is 22.7. The molecule has 0 aromatic rings. The molecule has 0 amide bonds. The summed E-state index contributed by atoms with van der Waals surface area (Å²) in [5.74, 6) is 0.663. The molecular formula is C15H27N3O4. The minimum absolute atomic E-state index is 0.177. The fourth-order valence-electron chi connectivity index (χ4n) is 2.05. The van der Waals surface area contributed by atoms with Crippen molar-refractivity contribution < 1.29 is 18.9 Å². The maximum atomic E-state index is 8.50. The van der Waals surface area contributed by atoms with Crippen LogP contribution in [0.4, 0.5) is 0 Å². The van der Waals surface area contributed by atoms with Gasteiger partial charge < -0.3 is 18.9 Å². The number of hydrogen-bond acceptors (Lipinski definition) is 5. The second kappa shape index (κ2) is 11.3. The quantitative estimate of drug-likeness (QED) is 0.252. The van der Waals surface area contributed by atoms with Crippen molar-refractivity contribution in [3.8, 4) is 0 Å². The number of methoxy groups -OCH3 is 1. The maximum Gasteiger partial charge on any atom is 0.188 e. The standard InChI is InChI=1S/C15H27N3O4/c1-4-6-8-20-12-10-13(21-9-7-5-2)15(19-3)22-14(12)11-17-18-16/h10,13-15H,4-9,11H2,1-3H3. The molecule has 0 N–H and O–H groups in total. The molecule has 0 radical (unpaired) electrons. The van der Waals surface area contributed by atoms with Gasteiger partial charge in [0.1, 0.15) is 18.0 Å². The Morgan fingerprint density at radius 1 is 1.27 bits per heavy atom. The molecule has 126 valence electrons. The number of ether oxygens (including phenoxy) is 4. The Balaban J connectivity index is 2.76. The molecule has 22 heavy (non-hydrogen) atoms. The van der Waals surface area contributed by atoms with Crippen LogP contribution < -0.4 is 0 Å². The molecular weight excluding hydrogens is 286 g/mol. The fraction of sp³-hybridized carbons (Fsp3) is 0.867. The molecule has 1 aliphatic heterocycles. The lowest BCUT2D eigenvalue weighted by Crippen LogP contribution is -2.42. The lowest BCUT2D eigenvalue weighted by molar-refractivity contribution is -0.212. The third-order valence-electron chi connectivity index (χ3n) is 3.33. The van der Waals surface area contributed by atoms with Crippen molar-refractivity contribution in [2.24, 2.45) is 5.11 Å². The first kappa shape index (κ1) is 18.8. The number of nitrogens with zero attached hydrogens (tertiary/aromatic N) is 3. The van der Waals surface area contributed by atoms with Crippen molar-refractivity contribution >= 4 is 0 Å². The molecule has 0 aromatic heterocycles. The van der Waals surface area contributed by atoms with Gasteiger partial charge in [-0.1, -0.05) is 31.8 Å². The van der Waals surface area contributed by atoms with E-state index in [1.807, 2.05) is 6.08 Å². The maximum absolute atomic E-state index is 8.50. The first-order valence-electron chi connectivity index (χ1n) is 7.92. The zero-order valence-electron chi connectivity index (χ0n) is 13.7. The highest BCUT2D eigenvalue weighted by Gasteiger charge is 2.33. The largest absolute Gasteiger partial charge is 0.495 e. The highest BCUT2D eigenvalue weighted by molar-refractivity contribution is 5.10. The summed E-state index contributed by atoms with van der Waals surface area (Å²) >= 11 is 0. The van der Waals surface area contributed by atoms with Crippen LogP contribution in [0.2, 0.25) is 0 Å². The van der Waals surface area contributed by atoms with E-state index in [1.54, 1.807) is 7.11 Å². The van der Waals surface area contributed by atoms with Crippen LogP contribution in [-0.4, -0.2) is 45.4 Å². The van der Waals surface area contributed by atoms with Crippen LogP contribution in [-0.2, 0) is 18.9 Å². The van der Waals surface area contributed by atoms with E-state index in [0.717, 1.165) is 25.7 Å². The Kier molecular flexibility index (Phi) is 9.66. The van der Waals surface area contributed by atoms with Crippen molar-refractivity contribution in [1.82, 2.24) is 0 Å². The third-order valence-corrected chi connectivity index (χ3v) is 3.33. The lowest BCUT2D eigenvalue weighted by Gasteiger charge is -2.34. The van der Waals surface area contributed by atoms with Crippen LogP contribution in [0.15, 0.2) is 16.9 Å². The van der Waals surface area contributed by atoms with Gasteiger partial charge in [0.2, 0.25) is 0 Å². The molecule has 1 rings (SSSR count). The zero-order chi connectivity index (χ0) is 16.2. The molecule has 7 heteroatoms. The average molecular weight is 313 g/mol. The van der Waals surface area contributed by atoms with Crippen LogP contribution >= 0.6 is 0 Å². The number of hydrogen-bond donors (Lipinski definition) is 0. The predicted octanol–water partition coefficient (Wildman–Crippen LogP) is 3.55. The predicted molar refractivity (Wildman–Crippen MR) is 83.3 cm³/mol. The summed E-state index contributed by atoms with van der Waals surface area (Å²) in [6.07, 6.45) is 4.69. The molecule has 0 spiro atoms. The van der Waals surface area contributed by atoms with E-state index in [0.29, 0.717) is 19.0 Å². The van der Waals surface area contributed by atoms with Crippen molar-refractivity contribution in [2.45, 2.75) is 58.0 Å². The van der Waals surface area contributed by atoms with E-state index in [1.165, 1.54) is 0 Å². The van der Waals surface area contributed by atoms with Gasteiger partial charge in [0, 0.05) is 18.6 Å². The molecule has 0 aliphatic carbocycles. The highest BCUT2D eigenvalue weighted by Crippen LogP contribution is 2.24. The summed E-state index contributed by atoms with van der Waals surface area (Å²) in [6.45, 7) is 5.64. The van der Waals surface area contributed by atoms with Gasteiger partial charge in [-0.05, 0) is 24.4 Å². The minimum Gasteiger partial charge on any atom is -0.495 e. The molecule has 3 unspecified atom stereocenters. The molecule has 0 saturated carbocycles. The number of azide groups is 1. The van der Waals surface area contributed by atoms with Crippen molar-refractivity contribution in [1.29, 1.82) is 0 Å². The van der Waals surface area contributed by atoms with Gasteiger partial charge in [-0.25, -0.2) is 0 Å². The number of unbranched alkanes of at least 4 members (excludes halogenated alkanes) is 2. The molecule has 0 fully saturated rings. The minimum atomic E-state index is -0.519. The highest BCUT2D eigenvalue weighted by atomic mass is 16.7. The van der Waals surface area contributed by atoms with Gasteiger partial charge in [0.05, 0.1) is 13.2 Å². The molecule has 0 bridgehead atoms. The first-order valence-corrected chi connectivity index (χ1v) is 7.92. The lowest BCUT2D eigenvalue weighted by atomic mass is 10.1. The molecule has 3 atom stereocenters. The van der Waals surface area contributed by atoms with E-state index in [2.05, 4.69) is 23.9 Å². The summed E-state index contributed by atoms with van der Waals surface area (Å²) in [5.41, 5.74) is 8.50. The smallest absolute Gasteiger partial charge is 0.188 e. The first-order chi connectivity index (χ1) is 10.8. The summed E-state index contributed by atoms with van der Waals surface area (Å²) in [6, 6.07) is 0. The van der Waals surface area contributed by atoms with Crippen LogP contribution in [0.3, 0.4) is 0 Å². The Labute approximate surface area is 132 Å². The van der Waals surface area contributed by atoms with Crippen LogP contribution in [0.5, 0.6) is 0 Å². The Hall–Kier alpha value is -1.27. The van der Waals surface area contributed by atoms with E-state index in [-0.39, 0.29) is 12.6 Å². The van der Waals surface area contributed by atoms with E-state index in [4.69, 9.17) is 24.5 Å². The van der Waals surface area contributed by atoms with Gasteiger partial charge in [-0.15, -0.1) is 0 Å². The van der Waals surface area contributed by atoms with Gasteiger partial charge in [0.25, 0.3) is 0 Å². The van der Waals surface area contributed by atoms with E-state index >= 15 is 0 Å². The van der Waals surface area contributed by atoms with Crippen molar-refractivity contribution in [3.05, 3.63) is 22.3 Å². The molecule has 1 heterocycles. The van der Waals surface area contributed by atoms with E-state index < -0.39 is 12.4 Å². The number of rotatable bonds is 11. The van der Waals surface area contributed by atoms with Crippen LogP contribution in [0.25, 0.3) is 10.4 Å². The molecule has 1 aliphatic rings. The van der Waals surface area contributed by atoms with Crippen LogP contribution in [0, 0.1) is 0 Å². The van der Waals surface area contributed by atoms with Gasteiger partial charge in [-0.2, -0.15) is 0 Å². The fourth-order valence-corrected chi connectivity index (χ4v) is 2.05. The third kappa shape index (κ3) is 6.23. The Morgan fingerprint density at radius 2 is 2.00 bits per heavy atom. The summed E-state index contributed by atoms with van der Waals surface area (Å²) in [7, 11) is 1.57. The van der Waals surface area contributed by atoms with E-state index in [9.17, 15) is 0 Å². The average Bonchev–Trinajstić information content (AvgIpc) is 2.54. The molecule has 0 aromatic carbocycles. The molecule has 7 nitrogen and oxygen atoms in total. The zero-order valence-corrected chi connectivity index (χ0v) is 13.7. The Bertz CT molecular complexity index is 383. The molecule has 0 saturated heterocycles. The second-order valence-electron chi connectivity index (χ2n) is 5.10. The SMILES string of the molecule is CCCCOC1=CC(OCCCC)C(OC)OC1CN=[N+]=[N-]. The van der Waals surface area contributed by atoms with Crippen molar-refractivity contribution in [3.63, 3.8) is 0 Å². The van der Waals surface area contributed by atoms with Crippen LogP contribution in [0.1, 0.15) is 39.5 Å². The van der Waals surface area contributed by atoms with Crippen molar-refractivity contribution in [2.75, 3.05) is 26.9 Å². The topological polar surface area (TPSA) is 85.7 Å². The summed E-state index contributed by atoms with van der Waals surface area (Å²) in [5, 5.41) is 3.58. The second-order valence-corrected chi connectivity index (χ2v) is 5.10. The Morgan fingerprint density at radius 3 is 2.64 bits per heavy atom. The van der Waals surface area contributed by atoms with Gasteiger partial charge in [0.15, 0.2) is 6.29 Å².